The second kappa shape index (κ2) is 7.58. The fraction of sp³-hybridized carbons (Fsp3) is 0.143. The second-order valence-electron chi connectivity index (χ2n) is 5.76. The zero-order valence-electron chi connectivity index (χ0n) is 14.5. The molecule has 5 nitrogen and oxygen atoms in total. The van der Waals surface area contributed by atoms with Gasteiger partial charge in [-0.05, 0) is 30.5 Å². The Morgan fingerprint density at radius 1 is 1.19 bits per heavy atom. The quantitative estimate of drug-likeness (QED) is 0.740. The van der Waals surface area contributed by atoms with Gasteiger partial charge in [0, 0.05) is 18.5 Å². The molecular weight excluding hydrogens is 330 g/mol. The maximum Gasteiger partial charge on any atom is 0.296 e. The Balaban J connectivity index is 1.74. The lowest BCUT2D eigenvalue weighted by Crippen LogP contribution is -2.20. The van der Waals surface area contributed by atoms with Crippen LogP contribution in [0, 0.1) is 18.8 Å². The molecule has 0 aliphatic heterocycles. The fourth-order valence-corrected chi connectivity index (χ4v) is 2.38. The molecule has 0 saturated heterocycles. The molecule has 0 unspecified atom stereocenters. The van der Waals surface area contributed by atoms with Crippen LogP contribution in [0.3, 0.4) is 0 Å². The van der Waals surface area contributed by atoms with E-state index >= 15 is 0 Å². The average molecular weight is 347 g/mol. The van der Waals surface area contributed by atoms with Gasteiger partial charge in [0.05, 0.1) is 12.5 Å². The highest BCUT2D eigenvalue weighted by Gasteiger charge is 2.06. The molecule has 1 heterocycles. The molecule has 0 bridgehead atoms. The Labute approximate surface area is 150 Å². The lowest BCUT2D eigenvalue weighted by Gasteiger charge is -2.02. The van der Waals surface area contributed by atoms with Gasteiger partial charge in [0.25, 0.3) is 5.91 Å². The van der Waals surface area contributed by atoms with Gasteiger partial charge in [-0.25, -0.2) is 0 Å². The van der Waals surface area contributed by atoms with E-state index in [9.17, 15) is 9.59 Å². The molecule has 130 valence electrons. The standard InChI is InChI=1S/C21H17NO4/c1-14-3-5-15(6-4-14)12-22-20(23)10-7-16-13-26-19-11-17(25-2)8-9-18(19)21(16)24/h3-6,8-9,11,13H,12H2,1-2H3,(H,22,23). The first-order valence-corrected chi connectivity index (χ1v) is 8.02. The van der Waals surface area contributed by atoms with Gasteiger partial charge < -0.3 is 14.5 Å². The van der Waals surface area contributed by atoms with Gasteiger partial charge in [-0.3, -0.25) is 9.59 Å². The molecule has 1 aromatic heterocycles. The molecule has 2 aromatic carbocycles. The van der Waals surface area contributed by atoms with Gasteiger partial charge >= 0.3 is 0 Å². The van der Waals surface area contributed by atoms with Crippen molar-refractivity contribution in [1.82, 2.24) is 5.32 Å². The third-order valence-electron chi connectivity index (χ3n) is 3.87. The number of amides is 1. The first kappa shape index (κ1) is 17.3. The van der Waals surface area contributed by atoms with Crippen molar-refractivity contribution in [2.45, 2.75) is 13.5 Å². The third-order valence-corrected chi connectivity index (χ3v) is 3.87. The van der Waals surface area contributed by atoms with Crippen LogP contribution >= 0.6 is 0 Å². The largest absolute Gasteiger partial charge is 0.497 e. The summed E-state index contributed by atoms with van der Waals surface area (Å²) in [4.78, 5) is 24.3. The zero-order chi connectivity index (χ0) is 18.5. The fourth-order valence-electron chi connectivity index (χ4n) is 2.38. The van der Waals surface area contributed by atoms with Crippen molar-refractivity contribution in [3.63, 3.8) is 0 Å². The van der Waals surface area contributed by atoms with Gasteiger partial charge in [0.2, 0.25) is 5.43 Å². The van der Waals surface area contributed by atoms with Crippen LogP contribution < -0.4 is 15.5 Å². The molecule has 1 N–H and O–H groups in total. The van der Waals surface area contributed by atoms with E-state index in [4.69, 9.17) is 9.15 Å². The smallest absolute Gasteiger partial charge is 0.296 e. The van der Waals surface area contributed by atoms with Crippen molar-refractivity contribution >= 4 is 16.9 Å². The summed E-state index contributed by atoms with van der Waals surface area (Å²) in [7, 11) is 1.54. The van der Waals surface area contributed by atoms with Gasteiger partial charge in [-0.15, -0.1) is 0 Å². The summed E-state index contributed by atoms with van der Waals surface area (Å²) >= 11 is 0. The molecule has 3 rings (SSSR count). The minimum atomic E-state index is -0.459. The van der Waals surface area contributed by atoms with Crippen LogP contribution in [0.4, 0.5) is 0 Å². The van der Waals surface area contributed by atoms with Gasteiger partial charge in [-0.2, -0.15) is 0 Å². The minimum Gasteiger partial charge on any atom is -0.497 e. The minimum absolute atomic E-state index is 0.133. The zero-order valence-corrected chi connectivity index (χ0v) is 14.5. The summed E-state index contributed by atoms with van der Waals surface area (Å²) in [5.41, 5.74) is 2.38. The van der Waals surface area contributed by atoms with Crippen molar-refractivity contribution in [2.75, 3.05) is 7.11 Å². The van der Waals surface area contributed by atoms with Crippen LogP contribution in [0.1, 0.15) is 16.7 Å². The summed E-state index contributed by atoms with van der Waals surface area (Å²) in [6, 6.07) is 12.7. The number of carbonyl (C=O) groups is 1. The first-order valence-electron chi connectivity index (χ1n) is 8.02. The van der Waals surface area contributed by atoms with E-state index in [2.05, 4.69) is 17.2 Å². The maximum atomic E-state index is 12.4. The molecule has 0 fully saturated rings. The normalized spacial score (nSPS) is 10.1. The molecule has 0 saturated carbocycles. The van der Waals surface area contributed by atoms with Gasteiger partial charge in [-0.1, -0.05) is 29.8 Å². The molecule has 0 atom stereocenters. The Morgan fingerprint density at radius 3 is 2.69 bits per heavy atom. The van der Waals surface area contributed by atoms with Crippen molar-refractivity contribution in [1.29, 1.82) is 0 Å². The first-order chi connectivity index (χ1) is 12.6. The monoisotopic (exact) mass is 347 g/mol. The Morgan fingerprint density at radius 2 is 1.96 bits per heavy atom. The highest BCUT2D eigenvalue weighted by atomic mass is 16.5. The number of benzene rings is 2. The lowest BCUT2D eigenvalue weighted by molar-refractivity contribution is -0.115. The van der Waals surface area contributed by atoms with E-state index in [1.165, 1.54) is 13.4 Å². The predicted molar refractivity (Wildman–Crippen MR) is 98.9 cm³/mol. The number of methoxy groups -OCH3 is 1. The SMILES string of the molecule is COc1ccc2c(=O)c(C#CC(=O)NCc3ccc(C)cc3)coc2c1. The number of nitrogens with one attached hydrogen (secondary N) is 1. The summed E-state index contributed by atoms with van der Waals surface area (Å²) < 4.78 is 10.5. The average Bonchev–Trinajstić information content (AvgIpc) is 2.66. The summed E-state index contributed by atoms with van der Waals surface area (Å²) in [6.45, 7) is 2.37. The second-order valence-corrected chi connectivity index (χ2v) is 5.76. The van der Waals surface area contributed by atoms with Crippen LogP contribution in [-0.4, -0.2) is 13.0 Å². The van der Waals surface area contributed by atoms with Crippen LogP contribution in [0.25, 0.3) is 11.0 Å². The summed E-state index contributed by atoms with van der Waals surface area (Å²) in [6.07, 6.45) is 1.25. The molecule has 3 aromatic rings. The van der Waals surface area contributed by atoms with Crippen LogP contribution in [0.5, 0.6) is 5.75 Å². The van der Waals surface area contributed by atoms with E-state index in [-0.39, 0.29) is 11.0 Å². The van der Waals surface area contributed by atoms with Crippen molar-refractivity contribution < 1.29 is 13.9 Å². The van der Waals surface area contributed by atoms with E-state index in [1.54, 1.807) is 18.2 Å². The predicted octanol–water partition coefficient (Wildman–Crippen LogP) is 2.78. The number of aryl methyl sites for hydroxylation is 1. The van der Waals surface area contributed by atoms with Gasteiger partial charge in [0.1, 0.15) is 23.2 Å². The van der Waals surface area contributed by atoms with Crippen molar-refractivity contribution in [3.8, 4) is 17.6 Å². The van der Waals surface area contributed by atoms with Crippen LogP contribution in [0.15, 0.2) is 57.9 Å². The number of carbonyl (C=O) groups excluding carboxylic acids is 1. The van der Waals surface area contributed by atoms with Crippen LogP contribution in [0.2, 0.25) is 0 Å². The number of fused-ring (bicyclic) bond motifs is 1. The van der Waals surface area contributed by atoms with Crippen molar-refractivity contribution in [3.05, 3.63) is 75.6 Å². The molecular formula is C21H17NO4. The number of ether oxygens (including phenoxy) is 1. The Kier molecular flexibility index (Phi) is 5.04. The Hall–Kier alpha value is -3.52. The molecule has 0 spiro atoms. The molecule has 26 heavy (non-hydrogen) atoms. The van der Waals surface area contributed by atoms with E-state index < -0.39 is 5.91 Å². The maximum absolute atomic E-state index is 12.4. The molecule has 5 heteroatoms. The summed E-state index contributed by atoms with van der Waals surface area (Å²) in [5, 5.41) is 3.09. The van der Waals surface area contributed by atoms with E-state index in [0.29, 0.717) is 23.3 Å². The van der Waals surface area contributed by atoms with Crippen LogP contribution in [-0.2, 0) is 11.3 Å². The van der Waals surface area contributed by atoms with Crippen molar-refractivity contribution in [2.24, 2.45) is 0 Å². The lowest BCUT2D eigenvalue weighted by atomic mass is 10.1. The molecule has 0 aliphatic carbocycles. The number of rotatable bonds is 3. The molecule has 1 amide bonds. The number of hydrogen-bond acceptors (Lipinski definition) is 4. The highest BCUT2D eigenvalue weighted by molar-refractivity contribution is 5.94. The highest BCUT2D eigenvalue weighted by Crippen LogP contribution is 2.18. The van der Waals surface area contributed by atoms with E-state index in [1.807, 2.05) is 31.2 Å². The molecule has 0 radical (unpaired) electrons. The third kappa shape index (κ3) is 3.93. The number of hydrogen-bond donors (Lipinski definition) is 1. The summed E-state index contributed by atoms with van der Waals surface area (Å²) in [5.74, 6) is 5.14. The molecule has 0 aliphatic rings. The van der Waals surface area contributed by atoms with Gasteiger partial charge in [0.15, 0.2) is 0 Å². The Bertz CT molecular complexity index is 1070. The van der Waals surface area contributed by atoms with E-state index in [0.717, 1.165) is 11.1 Å². The topological polar surface area (TPSA) is 68.5 Å².